The van der Waals surface area contributed by atoms with Crippen LogP contribution in [0.5, 0.6) is 0 Å². The van der Waals surface area contributed by atoms with Gasteiger partial charge in [-0.25, -0.2) is 0 Å². The molecule has 3 unspecified atom stereocenters. The Kier molecular flexibility index (Phi) is 4.09. The van der Waals surface area contributed by atoms with Gasteiger partial charge in [-0.15, -0.1) is 0 Å². The smallest absolute Gasteiger partial charge is 0.155 e. The maximum absolute atomic E-state index is 11.7. The lowest BCUT2D eigenvalue weighted by atomic mass is 9.54. The van der Waals surface area contributed by atoms with Crippen LogP contribution in [0.4, 0.5) is 0 Å². The van der Waals surface area contributed by atoms with Crippen molar-refractivity contribution in [1.29, 1.82) is 0 Å². The molecule has 0 spiro atoms. The number of fused-ring (bicyclic) bond motifs is 4. The Morgan fingerprint density at radius 3 is 2.71 bits per heavy atom. The zero-order chi connectivity index (χ0) is 15.0. The van der Waals surface area contributed by atoms with Gasteiger partial charge in [0, 0.05) is 13.5 Å². The van der Waals surface area contributed by atoms with E-state index in [1.165, 1.54) is 44.1 Å². The summed E-state index contributed by atoms with van der Waals surface area (Å²) in [7, 11) is 1.00. The van der Waals surface area contributed by atoms with Gasteiger partial charge in [-0.3, -0.25) is 4.79 Å². The van der Waals surface area contributed by atoms with Crippen LogP contribution in [0.1, 0.15) is 64.7 Å². The molecule has 21 heavy (non-hydrogen) atoms. The maximum atomic E-state index is 11.7. The molecule has 0 bridgehead atoms. The lowest BCUT2D eigenvalue weighted by molar-refractivity contribution is -0.115. The average molecular weight is 288 g/mol. The van der Waals surface area contributed by atoms with Crippen LogP contribution in [0.25, 0.3) is 0 Å². The van der Waals surface area contributed by atoms with Crippen LogP contribution in [-0.2, 0) is 4.79 Å². The second-order valence-electron chi connectivity index (χ2n) is 7.33. The fourth-order valence-corrected chi connectivity index (χ4v) is 5.55. The number of aliphatic hydroxyl groups excluding tert-OH is 1. The Labute approximate surface area is 128 Å². The van der Waals surface area contributed by atoms with E-state index in [2.05, 4.69) is 6.92 Å². The second kappa shape index (κ2) is 5.72. The zero-order valence-electron chi connectivity index (χ0n) is 13.5. The van der Waals surface area contributed by atoms with E-state index in [1.54, 1.807) is 0 Å². The molecular weight excluding hydrogens is 260 g/mol. The van der Waals surface area contributed by atoms with E-state index >= 15 is 0 Å². The molecule has 2 saturated carbocycles. The van der Waals surface area contributed by atoms with Crippen LogP contribution < -0.4 is 0 Å². The van der Waals surface area contributed by atoms with Crippen molar-refractivity contribution < 1.29 is 9.90 Å². The number of hydrogen-bond acceptors (Lipinski definition) is 2. The van der Waals surface area contributed by atoms with E-state index in [0.29, 0.717) is 17.1 Å². The molecule has 0 aromatic carbocycles. The minimum Gasteiger partial charge on any atom is -0.400 e. The molecule has 4 aliphatic rings. The number of carbonyl (C=O) groups excluding carboxylic acids is 1. The van der Waals surface area contributed by atoms with Crippen LogP contribution in [0.3, 0.4) is 0 Å². The SMILES string of the molecule is CC12CCC3CCCC3=C1CCC1=CC(=O)CCC12.CO. The van der Waals surface area contributed by atoms with Crippen LogP contribution >= 0.6 is 0 Å². The molecule has 2 nitrogen and oxygen atoms in total. The Balaban J connectivity index is 0.000000636. The first-order valence-electron chi connectivity index (χ1n) is 8.59. The van der Waals surface area contributed by atoms with E-state index in [1.807, 2.05) is 17.2 Å². The molecule has 2 heteroatoms. The standard InChI is InChI=1S/C18H24O.CH4O/c1-18-10-9-12-3-2-4-15(12)17(18)7-5-13-11-14(19)6-8-16(13)18;1-2/h11-12,16H,2-10H2,1H3;2H,1H3. The van der Waals surface area contributed by atoms with Gasteiger partial charge in [0.15, 0.2) is 5.78 Å². The summed E-state index contributed by atoms with van der Waals surface area (Å²) < 4.78 is 0. The van der Waals surface area contributed by atoms with Crippen molar-refractivity contribution in [3.63, 3.8) is 0 Å². The molecule has 4 rings (SSSR count). The van der Waals surface area contributed by atoms with E-state index < -0.39 is 0 Å². The minimum atomic E-state index is 0.375. The fourth-order valence-electron chi connectivity index (χ4n) is 5.55. The molecule has 4 aliphatic carbocycles. The summed E-state index contributed by atoms with van der Waals surface area (Å²) in [4.78, 5) is 11.7. The molecule has 0 aromatic heterocycles. The number of ketones is 1. The van der Waals surface area contributed by atoms with Gasteiger partial charge in [0.25, 0.3) is 0 Å². The highest BCUT2D eigenvalue weighted by atomic mass is 16.2. The van der Waals surface area contributed by atoms with E-state index in [0.717, 1.165) is 32.3 Å². The van der Waals surface area contributed by atoms with Gasteiger partial charge in [-0.2, -0.15) is 0 Å². The van der Waals surface area contributed by atoms with Gasteiger partial charge < -0.3 is 5.11 Å². The number of aliphatic hydroxyl groups is 1. The first kappa shape index (κ1) is 15.0. The Hall–Kier alpha value is -0.890. The lowest BCUT2D eigenvalue weighted by Gasteiger charge is -2.50. The Bertz CT molecular complexity index is 500. The minimum absolute atomic E-state index is 0.375. The van der Waals surface area contributed by atoms with Gasteiger partial charge in [0.2, 0.25) is 0 Å². The summed E-state index contributed by atoms with van der Waals surface area (Å²) in [6.07, 6.45) is 13.3. The van der Waals surface area contributed by atoms with Crippen molar-refractivity contribution >= 4 is 5.78 Å². The fraction of sp³-hybridized carbons (Fsp3) is 0.737. The normalized spacial score (nSPS) is 37.9. The summed E-state index contributed by atoms with van der Waals surface area (Å²) in [5.41, 5.74) is 5.57. The maximum Gasteiger partial charge on any atom is 0.155 e. The molecule has 0 aliphatic heterocycles. The van der Waals surface area contributed by atoms with Gasteiger partial charge in [-0.05, 0) is 74.7 Å². The quantitative estimate of drug-likeness (QED) is 0.679. The van der Waals surface area contributed by atoms with Crippen LogP contribution in [-0.4, -0.2) is 18.0 Å². The van der Waals surface area contributed by atoms with Crippen molar-refractivity contribution in [2.24, 2.45) is 17.3 Å². The predicted molar refractivity (Wildman–Crippen MR) is 84.9 cm³/mol. The monoisotopic (exact) mass is 288 g/mol. The summed E-state index contributed by atoms with van der Waals surface area (Å²) in [6, 6.07) is 0. The van der Waals surface area contributed by atoms with Gasteiger partial charge in [0.1, 0.15) is 0 Å². The van der Waals surface area contributed by atoms with Crippen LogP contribution in [0.15, 0.2) is 22.8 Å². The van der Waals surface area contributed by atoms with Crippen LogP contribution in [0, 0.1) is 17.3 Å². The third kappa shape index (κ3) is 2.32. The average Bonchev–Trinajstić information content (AvgIpc) is 2.97. The van der Waals surface area contributed by atoms with Crippen molar-refractivity contribution in [2.75, 3.05) is 7.11 Å². The van der Waals surface area contributed by atoms with Gasteiger partial charge >= 0.3 is 0 Å². The zero-order valence-corrected chi connectivity index (χ0v) is 13.5. The molecule has 0 heterocycles. The first-order chi connectivity index (χ1) is 10.2. The molecule has 0 aromatic rings. The molecule has 3 atom stereocenters. The summed E-state index contributed by atoms with van der Waals surface area (Å²) in [5.74, 6) is 1.99. The van der Waals surface area contributed by atoms with Crippen molar-refractivity contribution in [1.82, 2.24) is 0 Å². The third-order valence-electron chi connectivity index (χ3n) is 6.49. The van der Waals surface area contributed by atoms with Crippen molar-refractivity contribution in [2.45, 2.75) is 64.7 Å². The predicted octanol–water partition coefficient (Wildman–Crippen LogP) is 4.19. The lowest BCUT2D eigenvalue weighted by Crippen LogP contribution is -2.40. The van der Waals surface area contributed by atoms with Crippen LogP contribution in [0.2, 0.25) is 0 Å². The third-order valence-corrected chi connectivity index (χ3v) is 6.49. The number of hydrogen-bond donors (Lipinski definition) is 1. The summed E-state index contributed by atoms with van der Waals surface area (Å²) in [5, 5.41) is 7.00. The van der Waals surface area contributed by atoms with E-state index in [9.17, 15) is 4.79 Å². The van der Waals surface area contributed by atoms with Gasteiger partial charge in [-0.1, -0.05) is 23.6 Å². The highest BCUT2D eigenvalue weighted by Gasteiger charge is 2.48. The number of allylic oxidation sites excluding steroid dienone is 4. The topological polar surface area (TPSA) is 37.3 Å². The summed E-state index contributed by atoms with van der Waals surface area (Å²) in [6.45, 7) is 2.51. The molecule has 0 saturated heterocycles. The molecule has 0 radical (unpaired) electrons. The van der Waals surface area contributed by atoms with E-state index in [-0.39, 0.29) is 0 Å². The van der Waals surface area contributed by atoms with Gasteiger partial charge in [0.05, 0.1) is 0 Å². The second-order valence-corrected chi connectivity index (χ2v) is 7.33. The molecule has 1 N–H and O–H groups in total. The molecular formula is C19H28O2. The van der Waals surface area contributed by atoms with Crippen molar-refractivity contribution in [3.05, 3.63) is 22.8 Å². The summed E-state index contributed by atoms with van der Waals surface area (Å²) >= 11 is 0. The molecule has 2 fully saturated rings. The Morgan fingerprint density at radius 2 is 1.90 bits per heavy atom. The number of rotatable bonds is 0. The first-order valence-corrected chi connectivity index (χ1v) is 8.59. The van der Waals surface area contributed by atoms with E-state index in [4.69, 9.17) is 5.11 Å². The highest BCUT2D eigenvalue weighted by molar-refractivity contribution is 5.91. The molecule has 116 valence electrons. The number of carbonyl (C=O) groups is 1. The van der Waals surface area contributed by atoms with Crippen molar-refractivity contribution in [3.8, 4) is 0 Å². The largest absolute Gasteiger partial charge is 0.400 e. The molecule has 0 amide bonds. The highest BCUT2D eigenvalue weighted by Crippen LogP contribution is 2.60. The Morgan fingerprint density at radius 1 is 1.10 bits per heavy atom.